The Balaban J connectivity index is 1.46. The van der Waals surface area contributed by atoms with Gasteiger partial charge in [-0.15, -0.1) is 0 Å². The van der Waals surface area contributed by atoms with Crippen LogP contribution in [0.4, 0.5) is 27.9 Å². The molecule has 2 aromatic carbocycles. The molecule has 1 heterocycles. The van der Waals surface area contributed by atoms with Crippen LogP contribution in [-0.4, -0.2) is 36.2 Å². The standard InChI is InChI=1S/C25H32N6O2/c1-17-16-22(29-19-10-12-21(33-5)13-11-19)31-23(28-17)26-14-15-27-24(32)30-20-8-6-18(7-9-20)25(2,3)4/h6-13,16H,14-15H2,1-5H3,(H2,27,30,32)(H2,26,28,29,31). The van der Waals surface area contributed by atoms with Crippen molar-refractivity contribution in [3.05, 3.63) is 65.9 Å². The molecule has 1 aromatic heterocycles. The normalized spacial score (nSPS) is 10.9. The molecule has 3 rings (SSSR count). The first-order valence-electron chi connectivity index (χ1n) is 10.9. The van der Waals surface area contributed by atoms with E-state index in [2.05, 4.69) is 52.0 Å². The van der Waals surface area contributed by atoms with Crippen LogP contribution in [0.1, 0.15) is 32.0 Å². The molecule has 4 N–H and O–H groups in total. The van der Waals surface area contributed by atoms with Crippen molar-refractivity contribution < 1.29 is 9.53 Å². The molecule has 0 fully saturated rings. The van der Waals surface area contributed by atoms with Crippen LogP contribution in [0.15, 0.2) is 54.6 Å². The minimum Gasteiger partial charge on any atom is -0.497 e. The first kappa shape index (κ1) is 23.8. The quantitative estimate of drug-likeness (QED) is 0.359. The number of rotatable bonds is 8. The number of amides is 2. The molecule has 8 heteroatoms. The summed E-state index contributed by atoms with van der Waals surface area (Å²) in [5.74, 6) is 1.96. The molecule has 0 bridgehead atoms. The molecule has 0 aliphatic rings. The maximum absolute atomic E-state index is 12.2. The lowest BCUT2D eigenvalue weighted by Gasteiger charge is -2.19. The number of urea groups is 1. The molecule has 0 aliphatic heterocycles. The zero-order valence-corrected chi connectivity index (χ0v) is 19.8. The number of nitrogens with one attached hydrogen (secondary N) is 4. The number of carbonyl (C=O) groups excluding carboxylic acids is 1. The minimum atomic E-state index is -0.257. The van der Waals surface area contributed by atoms with E-state index in [1.165, 1.54) is 5.56 Å². The van der Waals surface area contributed by atoms with Crippen LogP contribution in [0.3, 0.4) is 0 Å². The van der Waals surface area contributed by atoms with Crippen LogP contribution in [0.25, 0.3) is 0 Å². The van der Waals surface area contributed by atoms with Gasteiger partial charge in [0, 0.05) is 36.2 Å². The molecule has 0 spiro atoms. The maximum atomic E-state index is 12.2. The summed E-state index contributed by atoms with van der Waals surface area (Å²) in [6.45, 7) is 9.29. The summed E-state index contributed by atoms with van der Waals surface area (Å²) >= 11 is 0. The van der Waals surface area contributed by atoms with Crippen molar-refractivity contribution >= 4 is 29.2 Å². The van der Waals surface area contributed by atoms with E-state index in [9.17, 15) is 4.79 Å². The molecule has 0 saturated carbocycles. The molecule has 0 radical (unpaired) electrons. The number of benzene rings is 2. The fourth-order valence-electron chi connectivity index (χ4n) is 3.11. The number of aryl methyl sites for hydroxylation is 1. The zero-order valence-electron chi connectivity index (χ0n) is 19.8. The van der Waals surface area contributed by atoms with Crippen molar-refractivity contribution in [1.82, 2.24) is 15.3 Å². The SMILES string of the molecule is COc1ccc(Nc2cc(C)nc(NCCNC(=O)Nc3ccc(C(C)(C)C)cc3)n2)cc1. The van der Waals surface area contributed by atoms with Crippen LogP contribution in [0.5, 0.6) is 5.75 Å². The minimum absolute atomic E-state index is 0.0777. The molecule has 0 atom stereocenters. The van der Waals surface area contributed by atoms with Crippen LogP contribution in [0.2, 0.25) is 0 Å². The Kier molecular flexibility index (Phi) is 7.71. The van der Waals surface area contributed by atoms with Crippen molar-refractivity contribution in [2.24, 2.45) is 0 Å². The van der Waals surface area contributed by atoms with Crippen LogP contribution < -0.4 is 26.0 Å². The second-order valence-corrected chi connectivity index (χ2v) is 8.71. The van der Waals surface area contributed by atoms with Crippen molar-refractivity contribution in [3.8, 4) is 5.75 Å². The summed E-state index contributed by atoms with van der Waals surface area (Å²) < 4.78 is 5.18. The maximum Gasteiger partial charge on any atom is 0.319 e. The van der Waals surface area contributed by atoms with E-state index in [1.807, 2.05) is 61.5 Å². The molecular formula is C25H32N6O2. The smallest absolute Gasteiger partial charge is 0.319 e. The number of aromatic nitrogens is 2. The Labute approximate surface area is 195 Å². The Bertz CT molecular complexity index is 1060. The summed E-state index contributed by atoms with van der Waals surface area (Å²) in [5, 5.41) is 12.1. The average Bonchev–Trinajstić information content (AvgIpc) is 2.77. The van der Waals surface area contributed by atoms with E-state index < -0.39 is 0 Å². The Morgan fingerprint density at radius 1 is 0.939 bits per heavy atom. The van der Waals surface area contributed by atoms with E-state index >= 15 is 0 Å². The highest BCUT2D eigenvalue weighted by Crippen LogP contribution is 2.23. The molecule has 0 unspecified atom stereocenters. The molecule has 2 amide bonds. The topological polar surface area (TPSA) is 100 Å². The van der Waals surface area contributed by atoms with Crippen molar-refractivity contribution in [2.75, 3.05) is 36.1 Å². The van der Waals surface area contributed by atoms with Gasteiger partial charge in [0.2, 0.25) is 5.95 Å². The van der Waals surface area contributed by atoms with Gasteiger partial charge in [-0.25, -0.2) is 9.78 Å². The number of carbonyl (C=O) groups is 1. The van der Waals surface area contributed by atoms with E-state index in [0.29, 0.717) is 24.9 Å². The fourth-order valence-corrected chi connectivity index (χ4v) is 3.11. The van der Waals surface area contributed by atoms with Gasteiger partial charge in [0.15, 0.2) is 0 Å². The summed E-state index contributed by atoms with van der Waals surface area (Å²) in [4.78, 5) is 21.1. The van der Waals surface area contributed by atoms with Gasteiger partial charge in [0.1, 0.15) is 11.6 Å². The van der Waals surface area contributed by atoms with Gasteiger partial charge < -0.3 is 26.0 Å². The first-order chi connectivity index (χ1) is 15.7. The number of methoxy groups -OCH3 is 1. The van der Waals surface area contributed by atoms with Gasteiger partial charge in [-0.1, -0.05) is 32.9 Å². The van der Waals surface area contributed by atoms with E-state index in [0.717, 1.165) is 22.8 Å². The largest absolute Gasteiger partial charge is 0.497 e. The third-order valence-corrected chi connectivity index (χ3v) is 4.92. The van der Waals surface area contributed by atoms with E-state index in [4.69, 9.17) is 4.74 Å². The third-order valence-electron chi connectivity index (χ3n) is 4.92. The van der Waals surface area contributed by atoms with Crippen molar-refractivity contribution in [1.29, 1.82) is 0 Å². The van der Waals surface area contributed by atoms with Crippen molar-refractivity contribution in [3.63, 3.8) is 0 Å². The second kappa shape index (κ2) is 10.7. The van der Waals surface area contributed by atoms with Gasteiger partial charge >= 0.3 is 6.03 Å². The molecule has 8 nitrogen and oxygen atoms in total. The van der Waals surface area contributed by atoms with Crippen LogP contribution >= 0.6 is 0 Å². The Morgan fingerprint density at radius 3 is 2.24 bits per heavy atom. The number of hydrogen-bond donors (Lipinski definition) is 4. The second-order valence-electron chi connectivity index (χ2n) is 8.71. The molecule has 0 saturated heterocycles. The van der Waals surface area contributed by atoms with Gasteiger partial charge in [-0.3, -0.25) is 0 Å². The molecule has 3 aromatic rings. The van der Waals surface area contributed by atoms with Gasteiger partial charge in [-0.2, -0.15) is 4.98 Å². The summed E-state index contributed by atoms with van der Waals surface area (Å²) in [6, 6.07) is 17.1. The summed E-state index contributed by atoms with van der Waals surface area (Å²) in [5.41, 5.74) is 3.77. The summed E-state index contributed by atoms with van der Waals surface area (Å²) in [7, 11) is 1.64. The molecule has 0 aliphatic carbocycles. The fraction of sp³-hybridized carbons (Fsp3) is 0.320. The Hall–Kier alpha value is -3.81. The van der Waals surface area contributed by atoms with Gasteiger partial charge in [0.05, 0.1) is 7.11 Å². The number of hydrogen-bond acceptors (Lipinski definition) is 6. The lowest BCUT2D eigenvalue weighted by Crippen LogP contribution is -2.32. The van der Waals surface area contributed by atoms with Crippen LogP contribution in [0, 0.1) is 6.92 Å². The monoisotopic (exact) mass is 448 g/mol. The lowest BCUT2D eigenvalue weighted by molar-refractivity contribution is 0.252. The van der Waals surface area contributed by atoms with Gasteiger partial charge in [-0.05, 0) is 54.3 Å². The van der Waals surface area contributed by atoms with Gasteiger partial charge in [0.25, 0.3) is 0 Å². The number of nitrogens with zero attached hydrogens (tertiary/aromatic N) is 2. The predicted molar refractivity (Wildman–Crippen MR) is 134 cm³/mol. The zero-order chi connectivity index (χ0) is 23.8. The van der Waals surface area contributed by atoms with Crippen LogP contribution in [-0.2, 0) is 5.41 Å². The lowest BCUT2D eigenvalue weighted by atomic mass is 9.87. The highest BCUT2D eigenvalue weighted by molar-refractivity contribution is 5.89. The number of anilines is 4. The average molecular weight is 449 g/mol. The highest BCUT2D eigenvalue weighted by Gasteiger charge is 2.13. The highest BCUT2D eigenvalue weighted by atomic mass is 16.5. The van der Waals surface area contributed by atoms with E-state index in [-0.39, 0.29) is 11.4 Å². The number of ether oxygens (including phenoxy) is 1. The molecular weight excluding hydrogens is 416 g/mol. The molecule has 33 heavy (non-hydrogen) atoms. The Morgan fingerprint density at radius 2 is 1.61 bits per heavy atom. The predicted octanol–water partition coefficient (Wildman–Crippen LogP) is 5.07. The van der Waals surface area contributed by atoms with Crippen molar-refractivity contribution in [2.45, 2.75) is 33.1 Å². The molecule has 174 valence electrons. The third kappa shape index (κ3) is 7.38. The van der Waals surface area contributed by atoms with E-state index in [1.54, 1.807) is 7.11 Å². The first-order valence-corrected chi connectivity index (χ1v) is 10.9. The summed E-state index contributed by atoms with van der Waals surface area (Å²) in [6.07, 6.45) is 0.